The van der Waals surface area contributed by atoms with Crippen LogP contribution in [0.25, 0.3) is 0 Å². The van der Waals surface area contributed by atoms with Gasteiger partial charge in [0.1, 0.15) is 0 Å². The number of rotatable bonds is 3. The van der Waals surface area contributed by atoms with Crippen molar-refractivity contribution in [1.29, 1.82) is 0 Å². The van der Waals surface area contributed by atoms with Crippen molar-refractivity contribution in [2.75, 3.05) is 0 Å². The molecule has 2 aromatic carbocycles. The summed E-state index contributed by atoms with van der Waals surface area (Å²) in [6, 6.07) is 22.0. The van der Waals surface area contributed by atoms with Crippen LogP contribution in [0.2, 0.25) is 0 Å². The Morgan fingerprint density at radius 2 is 1.43 bits per heavy atom. The Hall–Kier alpha value is -1.64. The molecule has 1 N–H and O–H groups in total. The fourth-order valence-corrected chi connectivity index (χ4v) is 4.56. The average Bonchev–Trinajstić information content (AvgIpc) is 2.58. The first kappa shape index (κ1) is 14.9. The van der Waals surface area contributed by atoms with E-state index in [1.807, 2.05) is 18.2 Å². The van der Waals surface area contributed by atoms with Crippen LogP contribution in [-0.4, -0.2) is 22.1 Å². The molecule has 4 rings (SSSR count). The summed E-state index contributed by atoms with van der Waals surface area (Å²) in [7, 11) is 0. The maximum atomic E-state index is 11.3. The second-order valence-electron chi connectivity index (χ2n) is 7.20. The molecule has 2 aliphatic heterocycles. The van der Waals surface area contributed by atoms with Gasteiger partial charge in [0.25, 0.3) is 0 Å². The van der Waals surface area contributed by atoms with E-state index in [-0.39, 0.29) is 0 Å². The van der Waals surface area contributed by atoms with Gasteiger partial charge in [0.15, 0.2) is 0 Å². The van der Waals surface area contributed by atoms with Gasteiger partial charge in [-0.15, -0.1) is 0 Å². The third kappa shape index (κ3) is 2.93. The highest BCUT2D eigenvalue weighted by Crippen LogP contribution is 2.44. The molecule has 2 fully saturated rings. The molecule has 0 radical (unpaired) electrons. The Morgan fingerprint density at radius 3 is 2.04 bits per heavy atom. The van der Waals surface area contributed by atoms with E-state index in [2.05, 4.69) is 47.4 Å². The minimum absolute atomic E-state index is 0.493. The molecule has 2 heteroatoms. The summed E-state index contributed by atoms with van der Waals surface area (Å²) in [5.74, 6) is 0. The number of benzene rings is 2. The fourth-order valence-electron chi connectivity index (χ4n) is 4.56. The Labute approximate surface area is 138 Å². The summed E-state index contributed by atoms with van der Waals surface area (Å²) in [6.07, 6.45) is 5.43. The smallest absolute Gasteiger partial charge is 0.0926 e. The Bertz CT molecular complexity index is 625. The van der Waals surface area contributed by atoms with Crippen LogP contribution in [-0.2, 0) is 12.1 Å². The van der Waals surface area contributed by atoms with Crippen molar-refractivity contribution in [3.8, 4) is 0 Å². The van der Waals surface area contributed by atoms with Crippen molar-refractivity contribution in [2.45, 2.75) is 56.3 Å². The van der Waals surface area contributed by atoms with E-state index in [0.717, 1.165) is 24.9 Å². The number of hydrogen-bond acceptors (Lipinski definition) is 2. The van der Waals surface area contributed by atoms with Crippen LogP contribution < -0.4 is 0 Å². The topological polar surface area (TPSA) is 23.5 Å². The maximum absolute atomic E-state index is 11.3. The summed E-state index contributed by atoms with van der Waals surface area (Å²) < 4.78 is 0. The molecule has 0 aliphatic carbocycles. The molecule has 0 amide bonds. The van der Waals surface area contributed by atoms with Gasteiger partial charge in [0, 0.05) is 18.6 Å². The Morgan fingerprint density at radius 1 is 0.870 bits per heavy atom. The largest absolute Gasteiger partial charge is 0.385 e. The quantitative estimate of drug-likeness (QED) is 0.923. The van der Waals surface area contributed by atoms with Crippen LogP contribution in [0.1, 0.15) is 43.2 Å². The number of hydrogen-bond donors (Lipinski definition) is 1. The molecule has 2 aromatic rings. The zero-order chi connectivity index (χ0) is 15.7. The molecule has 0 spiro atoms. The third-order valence-electron chi connectivity index (χ3n) is 5.68. The molecule has 2 atom stereocenters. The molecule has 2 unspecified atom stereocenters. The lowest BCUT2D eigenvalue weighted by molar-refractivity contribution is -0.0999. The molecule has 2 aliphatic rings. The predicted octanol–water partition coefficient (Wildman–Crippen LogP) is 4.09. The average molecular weight is 307 g/mol. The van der Waals surface area contributed by atoms with Crippen molar-refractivity contribution < 1.29 is 5.11 Å². The first-order valence-electron chi connectivity index (χ1n) is 8.82. The highest BCUT2D eigenvalue weighted by Gasteiger charge is 2.46. The van der Waals surface area contributed by atoms with E-state index in [0.29, 0.717) is 12.1 Å². The fraction of sp³-hybridized carbons (Fsp3) is 0.429. The van der Waals surface area contributed by atoms with Crippen LogP contribution in [0.5, 0.6) is 0 Å². The number of fused-ring (bicyclic) bond motifs is 2. The minimum Gasteiger partial charge on any atom is -0.385 e. The van der Waals surface area contributed by atoms with Gasteiger partial charge < -0.3 is 5.11 Å². The maximum Gasteiger partial charge on any atom is 0.0926 e. The van der Waals surface area contributed by atoms with Crippen molar-refractivity contribution in [2.24, 2.45) is 0 Å². The molecule has 23 heavy (non-hydrogen) atoms. The normalized spacial score (nSPS) is 31.0. The van der Waals surface area contributed by atoms with E-state index in [9.17, 15) is 5.11 Å². The molecule has 2 nitrogen and oxygen atoms in total. The molecule has 120 valence electrons. The summed E-state index contributed by atoms with van der Waals surface area (Å²) in [5.41, 5.74) is 1.83. The predicted molar refractivity (Wildman–Crippen MR) is 93.0 cm³/mol. The van der Waals surface area contributed by atoms with Gasteiger partial charge in [0.2, 0.25) is 0 Å². The lowest BCUT2D eigenvalue weighted by atomic mass is 9.72. The van der Waals surface area contributed by atoms with Gasteiger partial charge in [-0.1, -0.05) is 67.1 Å². The Balaban J connectivity index is 1.57. The highest BCUT2D eigenvalue weighted by atomic mass is 16.3. The lowest BCUT2D eigenvalue weighted by Crippen LogP contribution is -2.56. The molecule has 2 saturated heterocycles. The summed E-state index contributed by atoms with van der Waals surface area (Å²) in [4.78, 5) is 2.65. The zero-order valence-electron chi connectivity index (χ0n) is 13.6. The zero-order valence-corrected chi connectivity index (χ0v) is 13.6. The van der Waals surface area contributed by atoms with Crippen LogP contribution in [0.15, 0.2) is 60.7 Å². The number of nitrogens with zero attached hydrogens (tertiary/aromatic N) is 1. The highest BCUT2D eigenvalue weighted by molar-refractivity contribution is 5.25. The molecule has 2 bridgehead atoms. The third-order valence-corrected chi connectivity index (χ3v) is 5.68. The van der Waals surface area contributed by atoms with Crippen LogP contribution >= 0.6 is 0 Å². The van der Waals surface area contributed by atoms with Crippen molar-refractivity contribution in [3.63, 3.8) is 0 Å². The van der Waals surface area contributed by atoms with Crippen LogP contribution in [0.3, 0.4) is 0 Å². The second kappa shape index (κ2) is 6.10. The van der Waals surface area contributed by atoms with Gasteiger partial charge in [-0.3, -0.25) is 4.90 Å². The minimum atomic E-state index is -0.649. The molecule has 2 heterocycles. The lowest BCUT2D eigenvalue weighted by Gasteiger charge is -2.52. The van der Waals surface area contributed by atoms with Gasteiger partial charge in [-0.05, 0) is 36.8 Å². The van der Waals surface area contributed by atoms with E-state index in [1.54, 1.807) is 0 Å². The van der Waals surface area contributed by atoms with Gasteiger partial charge in [-0.2, -0.15) is 0 Å². The van der Waals surface area contributed by atoms with Crippen molar-refractivity contribution in [1.82, 2.24) is 4.90 Å². The van der Waals surface area contributed by atoms with E-state index < -0.39 is 5.60 Å². The summed E-state index contributed by atoms with van der Waals surface area (Å²) in [6.45, 7) is 1.01. The van der Waals surface area contributed by atoms with Gasteiger partial charge in [-0.25, -0.2) is 0 Å². The number of aliphatic hydroxyl groups is 1. The Kier molecular flexibility index (Phi) is 3.96. The molecular formula is C21H25NO. The molecular weight excluding hydrogens is 282 g/mol. The monoisotopic (exact) mass is 307 g/mol. The molecule has 0 saturated carbocycles. The summed E-state index contributed by atoms with van der Waals surface area (Å²) in [5, 5.41) is 11.3. The van der Waals surface area contributed by atoms with Crippen LogP contribution in [0.4, 0.5) is 0 Å². The van der Waals surface area contributed by atoms with E-state index >= 15 is 0 Å². The van der Waals surface area contributed by atoms with Crippen LogP contribution in [0, 0.1) is 0 Å². The van der Waals surface area contributed by atoms with E-state index in [1.165, 1.54) is 24.8 Å². The number of piperidine rings is 2. The second-order valence-corrected chi connectivity index (χ2v) is 7.20. The standard InChI is InChI=1S/C21H25NO/c23-21(18-10-5-2-6-11-18)14-19-12-7-13-20(15-21)22(19)16-17-8-3-1-4-9-17/h1-6,8-11,19-20,23H,7,12-16H2. The van der Waals surface area contributed by atoms with Gasteiger partial charge >= 0.3 is 0 Å². The van der Waals surface area contributed by atoms with E-state index in [4.69, 9.17) is 0 Å². The molecule has 0 aromatic heterocycles. The van der Waals surface area contributed by atoms with Gasteiger partial charge in [0.05, 0.1) is 5.60 Å². The first-order chi connectivity index (χ1) is 11.2. The summed E-state index contributed by atoms with van der Waals surface area (Å²) >= 11 is 0. The van der Waals surface area contributed by atoms with Crippen molar-refractivity contribution >= 4 is 0 Å². The van der Waals surface area contributed by atoms with Crippen molar-refractivity contribution in [3.05, 3.63) is 71.8 Å². The first-order valence-corrected chi connectivity index (χ1v) is 8.82. The SMILES string of the molecule is OC1(c2ccccc2)CC2CCCC(C1)N2Cc1ccccc1.